The smallest absolute Gasteiger partial charge is 0.332 e. The van der Waals surface area contributed by atoms with Gasteiger partial charge in [0.2, 0.25) is 0 Å². The minimum absolute atomic E-state index is 0.257. The predicted octanol–water partition coefficient (Wildman–Crippen LogP) is 1.80. The summed E-state index contributed by atoms with van der Waals surface area (Å²) in [5.74, 6) is -0.257. The molecule has 0 aromatic carbocycles. The largest absolute Gasteiger partial charge is 0.463 e. The summed E-state index contributed by atoms with van der Waals surface area (Å²) in [5, 5.41) is 0. The van der Waals surface area contributed by atoms with Crippen LogP contribution in [0.4, 0.5) is 0 Å². The van der Waals surface area contributed by atoms with Gasteiger partial charge in [-0.1, -0.05) is 0 Å². The van der Waals surface area contributed by atoms with Gasteiger partial charge in [-0.2, -0.15) is 0 Å². The van der Waals surface area contributed by atoms with Crippen molar-refractivity contribution >= 4 is 5.97 Å². The van der Waals surface area contributed by atoms with Crippen molar-refractivity contribution in [1.82, 2.24) is 4.90 Å². The first-order valence-corrected chi connectivity index (χ1v) is 4.75. The van der Waals surface area contributed by atoms with E-state index >= 15 is 0 Å². The Morgan fingerprint density at radius 3 is 2.23 bits per heavy atom. The van der Waals surface area contributed by atoms with E-state index in [1.807, 2.05) is 6.92 Å². The van der Waals surface area contributed by atoms with E-state index in [0.29, 0.717) is 6.61 Å². The van der Waals surface area contributed by atoms with Gasteiger partial charge < -0.3 is 9.64 Å². The Labute approximate surface area is 80.4 Å². The fraction of sp³-hybridized carbons (Fsp3) is 0.700. The second kappa shape index (κ2) is 6.52. The van der Waals surface area contributed by atoms with Gasteiger partial charge in [0, 0.05) is 24.9 Å². The van der Waals surface area contributed by atoms with Crippen molar-refractivity contribution in [2.45, 2.75) is 27.7 Å². The highest BCUT2D eigenvalue weighted by Gasteiger charge is 2.02. The maximum absolute atomic E-state index is 11.1. The Bertz CT molecular complexity index is 183. The maximum Gasteiger partial charge on any atom is 0.332 e. The number of hydrogen-bond donors (Lipinski definition) is 0. The molecule has 3 heteroatoms. The summed E-state index contributed by atoms with van der Waals surface area (Å²) < 4.78 is 4.81. The molecule has 0 aromatic rings. The molecule has 0 fully saturated rings. The molecule has 0 aliphatic carbocycles. The molecule has 0 saturated carbocycles. The second-order valence-electron chi connectivity index (χ2n) is 2.71. The van der Waals surface area contributed by atoms with Crippen LogP contribution in [0, 0.1) is 0 Å². The first kappa shape index (κ1) is 12.0. The van der Waals surface area contributed by atoms with Crippen LogP contribution in [0.2, 0.25) is 0 Å². The second-order valence-corrected chi connectivity index (χ2v) is 2.71. The molecule has 3 nitrogen and oxygen atoms in total. The van der Waals surface area contributed by atoms with Crippen LogP contribution < -0.4 is 0 Å². The highest BCUT2D eigenvalue weighted by Crippen LogP contribution is 2.02. The van der Waals surface area contributed by atoms with Crippen LogP contribution >= 0.6 is 0 Å². The molecule has 0 spiro atoms. The summed E-state index contributed by atoms with van der Waals surface area (Å²) in [5.41, 5.74) is 0.962. The quantitative estimate of drug-likeness (QED) is 0.483. The molecule has 0 bridgehead atoms. The lowest BCUT2D eigenvalue weighted by Gasteiger charge is -2.20. The van der Waals surface area contributed by atoms with Gasteiger partial charge in [0.15, 0.2) is 0 Å². The normalized spacial score (nSPS) is 11.2. The lowest BCUT2D eigenvalue weighted by atomic mass is 10.3. The van der Waals surface area contributed by atoms with Crippen LogP contribution in [0.5, 0.6) is 0 Å². The van der Waals surface area contributed by atoms with E-state index in [0.717, 1.165) is 18.8 Å². The van der Waals surface area contributed by atoms with Crippen molar-refractivity contribution in [3.63, 3.8) is 0 Å². The molecule has 0 saturated heterocycles. The number of ether oxygens (including phenoxy) is 1. The summed E-state index contributed by atoms with van der Waals surface area (Å²) in [4.78, 5) is 13.2. The Morgan fingerprint density at radius 2 is 1.85 bits per heavy atom. The summed E-state index contributed by atoms with van der Waals surface area (Å²) in [6.45, 7) is 10.1. The number of nitrogens with zero attached hydrogens (tertiary/aromatic N) is 1. The van der Waals surface area contributed by atoms with Crippen LogP contribution in [0.1, 0.15) is 27.7 Å². The van der Waals surface area contributed by atoms with Gasteiger partial charge in [0.1, 0.15) is 0 Å². The van der Waals surface area contributed by atoms with Gasteiger partial charge in [-0.05, 0) is 27.7 Å². The summed E-state index contributed by atoms with van der Waals surface area (Å²) in [6, 6.07) is 0. The molecule has 0 N–H and O–H groups in total. The average Bonchev–Trinajstić information content (AvgIpc) is 2.06. The molecular weight excluding hydrogens is 166 g/mol. The van der Waals surface area contributed by atoms with E-state index in [2.05, 4.69) is 18.7 Å². The molecule has 0 heterocycles. The van der Waals surface area contributed by atoms with E-state index in [1.54, 1.807) is 6.92 Å². The number of hydrogen-bond acceptors (Lipinski definition) is 3. The van der Waals surface area contributed by atoms with Crippen molar-refractivity contribution < 1.29 is 9.53 Å². The Balaban J connectivity index is 4.20. The van der Waals surface area contributed by atoms with Crippen LogP contribution in [0.25, 0.3) is 0 Å². The SMILES string of the molecule is CCOC(=O)/C=C(\C)N(CC)CC. The molecule has 0 aromatic heterocycles. The number of carbonyl (C=O) groups excluding carboxylic acids is 1. The molecule has 0 atom stereocenters. The zero-order valence-electron chi connectivity index (χ0n) is 8.96. The highest BCUT2D eigenvalue weighted by atomic mass is 16.5. The molecule has 0 radical (unpaired) electrons. The van der Waals surface area contributed by atoms with E-state index < -0.39 is 0 Å². The third kappa shape index (κ3) is 4.55. The van der Waals surface area contributed by atoms with Crippen molar-refractivity contribution in [3.05, 3.63) is 11.8 Å². The summed E-state index contributed by atoms with van der Waals surface area (Å²) >= 11 is 0. The standard InChI is InChI=1S/C10H19NO2/c1-5-11(6-2)9(4)8-10(12)13-7-3/h8H,5-7H2,1-4H3/b9-8+. The number of esters is 1. The average molecular weight is 185 g/mol. The van der Waals surface area contributed by atoms with E-state index in [9.17, 15) is 4.79 Å². The molecule has 0 unspecified atom stereocenters. The minimum atomic E-state index is -0.257. The molecule has 0 amide bonds. The van der Waals surface area contributed by atoms with Gasteiger partial charge in [0.25, 0.3) is 0 Å². The fourth-order valence-corrected chi connectivity index (χ4v) is 1.17. The molecule has 0 aliphatic heterocycles. The van der Waals surface area contributed by atoms with Crippen molar-refractivity contribution in [2.24, 2.45) is 0 Å². The summed E-state index contributed by atoms with van der Waals surface area (Å²) in [6.07, 6.45) is 1.54. The lowest BCUT2D eigenvalue weighted by molar-refractivity contribution is -0.137. The molecular formula is C10H19NO2. The van der Waals surface area contributed by atoms with E-state index in [4.69, 9.17) is 4.74 Å². The fourth-order valence-electron chi connectivity index (χ4n) is 1.17. The lowest BCUT2D eigenvalue weighted by Crippen LogP contribution is -2.21. The van der Waals surface area contributed by atoms with Crippen LogP contribution in [-0.4, -0.2) is 30.6 Å². The Hall–Kier alpha value is -0.990. The zero-order valence-corrected chi connectivity index (χ0v) is 8.96. The van der Waals surface area contributed by atoms with Gasteiger partial charge in [-0.15, -0.1) is 0 Å². The Morgan fingerprint density at radius 1 is 1.31 bits per heavy atom. The van der Waals surface area contributed by atoms with E-state index in [1.165, 1.54) is 6.08 Å². The van der Waals surface area contributed by atoms with Crippen LogP contribution in [-0.2, 0) is 9.53 Å². The predicted molar refractivity (Wildman–Crippen MR) is 53.3 cm³/mol. The summed E-state index contributed by atoms with van der Waals surface area (Å²) in [7, 11) is 0. The third-order valence-electron chi connectivity index (χ3n) is 1.88. The maximum atomic E-state index is 11.1. The molecule has 0 aliphatic rings. The third-order valence-corrected chi connectivity index (χ3v) is 1.88. The molecule has 0 rings (SSSR count). The van der Waals surface area contributed by atoms with Crippen molar-refractivity contribution in [3.8, 4) is 0 Å². The minimum Gasteiger partial charge on any atom is -0.463 e. The number of rotatable bonds is 5. The number of allylic oxidation sites excluding steroid dienone is 1. The highest BCUT2D eigenvalue weighted by molar-refractivity contribution is 5.82. The van der Waals surface area contributed by atoms with Gasteiger partial charge in [-0.25, -0.2) is 4.79 Å². The Kier molecular flexibility index (Phi) is 6.02. The molecule has 76 valence electrons. The van der Waals surface area contributed by atoms with Crippen molar-refractivity contribution in [1.29, 1.82) is 0 Å². The first-order valence-electron chi connectivity index (χ1n) is 4.75. The zero-order chi connectivity index (χ0) is 10.3. The van der Waals surface area contributed by atoms with Crippen LogP contribution in [0.15, 0.2) is 11.8 Å². The van der Waals surface area contributed by atoms with E-state index in [-0.39, 0.29) is 5.97 Å². The van der Waals surface area contributed by atoms with Gasteiger partial charge in [-0.3, -0.25) is 0 Å². The van der Waals surface area contributed by atoms with Crippen LogP contribution in [0.3, 0.4) is 0 Å². The number of carbonyl (C=O) groups is 1. The van der Waals surface area contributed by atoms with Crippen molar-refractivity contribution in [2.75, 3.05) is 19.7 Å². The monoisotopic (exact) mass is 185 g/mol. The van der Waals surface area contributed by atoms with Gasteiger partial charge >= 0.3 is 5.97 Å². The first-order chi connectivity index (χ1) is 6.15. The van der Waals surface area contributed by atoms with Gasteiger partial charge in [0.05, 0.1) is 6.61 Å². The topological polar surface area (TPSA) is 29.5 Å². The molecule has 13 heavy (non-hydrogen) atoms.